The number of benzene rings is 1. The maximum atomic E-state index is 14.2. The van der Waals surface area contributed by atoms with Crippen molar-refractivity contribution in [1.29, 1.82) is 0 Å². The van der Waals surface area contributed by atoms with E-state index in [1.807, 2.05) is 19.1 Å². The molecular weight excluding hydrogens is 269 g/mol. The van der Waals surface area contributed by atoms with Gasteiger partial charge < -0.3 is 15.4 Å². The van der Waals surface area contributed by atoms with Crippen molar-refractivity contribution in [3.05, 3.63) is 29.6 Å². The molecule has 2 heterocycles. The summed E-state index contributed by atoms with van der Waals surface area (Å²) in [5, 5.41) is 0. The number of nitrogens with two attached hydrogens (primary N) is 1. The highest BCUT2D eigenvalue weighted by Gasteiger charge is 2.46. The third-order valence-electron chi connectivity index (χ3n) is 4.15. The Morgan fingerprint density at radius 2 is 2.24 bits per heavy atom. The van der Waals surface area contributed by atoms with Crippen molar-refractivity contribution in [2.45, 2.75) is 51.5 Å². The lowest BCUT2D eigenvalue weighted by Crippen LogP contribution is -2.41. The molecule has 5 heteroatoms. The van der Waals surface area contributed by atoms with E-state index in [0.717, 1.165) is 12.0 Å². The van der Waals surface area contributed by atoms with E-state index in [2.05, 4.69) is 23.7 Å². The molecule has 0 aliphatic carbocycles. The molecule has 3 rings (SSSR count). The van der Waals surface area contributed by atoms with Crippen LogP contribution in [0, 0.1) is 12.7 Å². The first-order valence-electron chi connectivity index (χ1n) is 7.47. The number of anilines is 1. The van der Waals surface area contributed by atoms with Crippen molar-refractivity contribution in [3.8, 4) is 0 Å². The third kappa shape index (κ3) is 2.88. The highest BCUT2D eigenvalue weighted by atomic mass is 19.1. The average molecular weight is 291 g/mol. The summed E-state index contributed by atoms with van der Waals surface area (Å²) in [5.74, 6) is 0.404. The number of aryl methyl sites for hydroxylation is 1. The second-order valence-electron chi connectivity index (χ2n) is 6.24. The van der Waals surface area contributed by atoms with E-state index in [4.69, 9.17) is 10.5 Å². The molecule has 0 radical (unpaired) electrons. The molecule has 0 spiro atoms. The van der Waals surface area contributed by atoms with Crippen molar-refractivity contribution in [3.63, 3.8) is 0 Å². The van der Waals surface area contributed by atoms with Crippen LogP contribution in [-0.4, -0.2) is 36.7 Å². The van der Waals surface area contributed by atoms with Gasteiger partial charge in [-0.3, -0.25) is 4.99 Å². The summed E-state index contributed by atoms with van der Waals surface area (Å²) in [5.41, 5.74) is 7.44. The summed E-state index contributed by atoms with van der Waals surface area (Å²) in [7, 11) is 0. The normalized spacial score (nSPS) is 27.3. The number of nitrogens with zero attached hydrogens (tertiary/aromatic N) is 2. The molecule has 3 atom stereocenters. The minimum Gasteiger partial charge on any atom is -0.385 e. The zero-order chi connectivity index (χ0) is 15.1. The Hall–Kier alpha value is -1.62. The molecule has 4 nitrogen and oxygen atoms in total. The largest absolute Gasteiger partial charge is 0.385 e. The molecule has 0 aromatic heterocycles. The van der Waals surface area contributed by atoms with Crippen LogP contribution < -0.4 is 10.6 Å². The van der Waals surface area contributed by atoms with Crippen LogP contribution in [0.25, 0.3) is 0 Å². The molecule has 2 aliphatic rings. The van der Waals surface area contributed by atoms with Crippen molar-refractivity contribution in [1.82, 2.24) is 0 Å². The molecule has 21 heavy (non-hydrogen) atoms. The molecule has 0 saturated carbocycles. The van der Waals surface area contributed by atoms with Crippen molar-refractivity contribution < 1.29 is 9.13 Å². The van der Waals surface area contributed by atoms with Crippen molar-refractivity contribution in [2.24, 2.45) is 10.7 Å². The fourth-order valence-corrected chi connectivity index (χ4v) is 2.96. The quantitative estimate of drug-likeness (QED) is 0.866. The van der Waals surface area contributed by atoms with Gasteiger partial charge >= 0.3 is 0 Å². The second kappa shape index (κ2) is 5.30. The van der Waals surface area contributed by atoms with Gasteiger partial charge in [-0.25, -0.2) is 4.39 Å². The minimum atomic E-state index is -0.183. The minimum absolute atomic E-state index is 0.0323. The van der Waals surface area contributed by atoms with Crippen LogP contribution in [0.4, 0.5) is 10.1 Å². The molecule has 1 aromatic rings. The average Bonchev–Trinajstić information content (AvgIpc) is 3.16. The number of halogens is 1. The van der Waals surface area contributed by atoms with Gasteiger partial charge in [-0.15, -0.1) is 0 Å². The first-order chi connectivity index (χ1) is 9.95. The summed E-state index contributed by atoms with van der Waals surface area (Å²) < 4.78 is 19.7. The number of fused-ring (bicyclic) bond motifs is 1. The number of hydrogen-bond donors (Lipinski definition) is 1. The van der Waals surface area contributed by atoms with Gasteiger partial charge in [0.25, 0.3) is 0 Å². The van der Waals surface area contributed by atoms with Gasteiger partial charge in [0.05, 0.1) is 17.8 Å². The van der Waals surface area contributed by atoms with E-state index in [0.29, 0.717) is 18.1 Å². The van der Waals surface area contributed by atoms with Gasteiger partial charge in [0.15, 0.2) is 0 Å². The van der Waals surface area contributed by atoms with E-state index in [9.17, 15) is 4.39 Å². The summed E-state index contributed by atoms with van der Waals surface area (Å²) >= 11 is 0. The van der Waals surface area contributed by atoms with Gasteiger partial charge in [0.2, 0.25) is 0 Å². The van der Waals surface area contributed by atoms with E-state index >= 15 is 0 Å². The van der Waals surface area contributed by atoms with Crippen LogP contribution in [-0.2, 0) is 4.74 Å². The molecular formula is C16H22FN3O. The summed E-state index contributed by atoms with van der Waals surface area (Å²) in [6.07, 6.45) is 1.11. The van der Waals surface area contributed by atoms with E-state index in [-0.39, 0.29) is 30.1 Å². The molecule has 2 N–H and O–H groups in total. The van der Waals surface area contributed by atoms with Crippen molar-refractivity contribution >= 4 is 11.5 Å². The molecule has 1 aromatic carbocycles. The maximum Gasteiger partial charge on any atom is 0.146 e. The molecule has 2 aliphatic heterocycles. The first kappa shape index (κ1) is 14.3. The van der Waals surface area contributed by atoms with E-state index in [1.54, 1.807) is 6.07 Å². The fraction of sp³-hybridized carbons (Fsp3) is 0.562. The summed E-state index contributed by atoms with van der Waals surface area (Å²) in [6.45, 7) is 6.67. The van der Waals surface area contributed by atoms with Crippen LogP contribution in [0.5, 0.6) is 0 Å². The topological polar surface area (TPSA) is 54.1 Å². The molecule has 1 saturated heterocycles. The van der Waals surface area contributed by atoms with E-state index in [1.165, 1.54) is 0 Å². The SMILES string of the molecule is Cc1ccc(N(C[C@H]2CC3OC3C(N)=N2)C(C)C)c(F)c1. The number of hydrogen-bond acceptors (Lipinski definition) is 4. The number of ether oxygens (including phenoxy) is 1. The zero-order valence-electron chi connectivity index (χ0n) is 12.7. The predicted octanol–water partition coefficient (Wildman–Crippen LogP) is 2.25. The standard InChI is InChI=1S/C16H22FN3O/c1-9(2)20(13-5-4-10(3)6-12(13)17)8-11-7-14-15(21-14)16(18)19-11/h4-6,9,11,14-15H,7-8H2,1-3H3,(H2,18,19)/t11-,14?,15?/m1/s1. The lowest BCUT2D eigenvalue weighted by atomic mass is 10.0. The van der Waals surface area contributed by atoms with Gasteiger partial charge in [-0.2, -0.15) is 0 Å². The number of amidine groups is 1. The summed E-state index contributed by atoms with van der Waals surface area (Å²) in [6, 6.07) is 5.61. The van der Waals surface area contributed by atoms with E-state index < -0.39 is 0 Å². The highest BCUT2D eigenvalue weighted by Crippen LogP contribution is 2.33. The Labute approximate surface area is 124 Å². The zero-order valence-corrected chi connectivity index (χ0v) is 12.7. The molecule has 1 fully saturated rings. The Kier molecular flexibility index (Phi) is 3.61. The number of epoxide rings is 1. The molecule has 0 amide bonds. The lowest BCUT2D eigenvalue weighted by Gasteiger charge is -2.32. The highest BCUT2D eigenvalue weighted by molar-refractivity contribution is 5.88. The molecule has 0 bridgehead atoms. The van der Waals surface area contributed by atoms with Crippen molar-refractivity contribution in [2.75, 3.05) is 11.4 Å². The van der Waals surface area contributed by atoms with Crippen LogP contribution in [0.1, 0.15) is 25.8 Å². The van der Waals surface area contributed by atoms with Gasteiger partial charge in [0, 0.05) is 19.0 Å². The Balaban J connectivity index is 1.80. The first-order valence-corrected chi connectivity index (χ1v) is 7.47. The summed E-state index contributed by atoms with van der Waals surface area (Å²) in [4.78, 5) is 6.56. The Morgan fingerprint density at radius 3 is 2.86 bits per heavy atom. The number of rotatable bonds is 4. The molecule has 114 valence electrons. The Bertz CT molecular complexity index is 573. The smallest absolute Gasteiger partial charge is 0.146 e. The third-order valence-corrected chi connectivity index (χ3v) is 4.15. The second-order valence-corrected chi connectivity index (χ2v) is 6.24. The van der Waals surface area contributed by atoms with Gasteiger partial charge in [-0.1, -0.05) is 6.07 Å². The van der Waals surface area contributed by atoms with Crippen LogP contribution in [0.3, 0.4) is 0 Å². The van der Waals surface area contributed by atoms with Crippen LogP contribution in [0.2, 0.25) is 0 Å². The van der Waals surface area contributed by atoms with Crippen LogP contribution >= 0.6 is 0 Å². The van der Waals surface area contributed by atoms with Crippen LogP contribution in [0.15, 0.2) is 23.2 Å². The van der Waals surface area contributed by atoms with Gasteiger partial charge in [-0.05, 0) is 38.5 Å². The predicted molar refractivity (Wildman–Crippen MR) is 82.3 cm³/mol. The molecule has 2 unspecified atom stereocenters. The fourth-order valence-electron chi connectivity index (χ4n) is 2.96. The lowest BCUT2D eigenvalue weighted by molar-refractivity contribution is 0.376. The maximum absolute atomic E-state index is 14.2. The van der Waals surface area contributed by atoms with Gasteiger partial charge in [0.1, 0.15) is 17.8 Å². The number of aliphatic imine (C=N–C) groups is 1. The monoisotopic (exact) mass is 291 g/mol. The Morgan fingerprint density at radius 1 is 1.48 bits per heavy atom.